The summed E-state index contributed by atoms with van der Waals surface area (Å²) in [7, 11) is 1.71. The van der Waals surface area contributed by atoms with Crippen molar-refractivity contribution in [3.63, 3.8) is 0 Å². The van der Waals surface area contributed by atoms with Crippen LogP contribution in [-0.2, 0) is 4.74 Å². The number of benzene rings is 1. The van der Waals surface area contributed by atoms with E-state index in [1.54, 1.807) is 7.11 Å². The fraction of sp³-hybridized carbons (Fsp3) is 0.500. The van der Waals surface area contributed by atoms with Gasteiger partial charge in [0.1, 0.15) is 0 Å². The van der Waals surface area contributed by atoms with Crippen LogP contribution in [0.3, 0.4) is 0 Å². The van der Waals surface area contributed by atoms with Crippen LogP contribution in [0.4, 0.5) is 0 Å². The largest absolute Gasteiger partial charge is 0.378 e. The Morgan fingerprint density at radius 3 is 2.44 bits per heavy atom. The molecule has 3 nitrogen and oxygen atoms in total. The van der Waals surface area contributed by atoms with E-state index in [4.69, 9.17) is 4.74 Å². The highest BCUT2D eigenvalue weighted by atomic mass is 35.5. The van der Waals surface area contributed by atoms with Crippen LogP contribution >= 0.6 is 12.4 Å². The molecule has 1 fully saturated rings. The average Bonchev–Trinajstić information content (AvgIpc) is 2.41. The van der Waals surface area contributed by atoms with E-state index in [1.165, 1.54) is 0 Å². The van der Waals surface area contributed by atoms with Gasteiger partial charge in [-0.15, -0.1) is 12.4 Å². The van der Waals surface area contributed by atoms with Crippen molar-refractivity contribution < 1.29 is 9.53 Å². The molecule has 18 heavy (non-hydrogen) atoms. The second kappa shape index (κ2) is 6.88. The van der Waals surface area contributed by atoms with Crippen molar-refractivity contribution in [1.82, 2.24) is 5.32 Å². The van der Waals surface area contributed by atoms with Gasteiger partial charge in [0.15, 0.2) is 5.78 Å². The lowest BCUT2D eigenvalue weighted by Crippen LogP contribution is -2.44. The summed E-state index contributed by atoms with van der Waals surface area (Å²) < 4.78 is 5.61. The van der Waals surface area contributed by atoms with E-state index >= 15 is 0 Å². The molecule has 4 heteroatoms. The molecule has 0 saturated carbocycles. The maximum atomic E-state index is 12.2. The van der Waals surface area contributed by atoms with Gasteiger partial charge in [0, 0.05) is 19.1 Å². The predicted molar refractivity (Wildman–Crippen MR) is 74.5 cm³/mol. The van der Waals surface area contributed by atoms with Gasteiger partial charge in [-0.1, -0.05) is 30.3 Å². The van der Waals surface area contributed by atoms with E-state index in [9.17, 15) is 4.79 Å². The second-order valence-electron chi connectivity index (χ2n) is 4.60. The van der Waals surface area contributed by atoms with Gasteiger partial charge < -0.3 is 10.1 Å². The highest BCUT2D eigenvalue weighted by Crippen LogP contribution is 2.27. The number of hydrogen-bond donors (Lipinski definition) is 1. The van der Waals surface area contributed by atoms with Crippen molar-refractivity contribution in [3.8, 4) is 0 Å². The fourth-order valence-corrected chi connectivity index (χ4v) is 2.35. The molecule has 1 aliphatic heterocycles. The standard InChI is InChI=1S/C14H19NO2.ClH/c1-17-14(7-9-15-10-8-14)11-13(16)12-5-3-2-4-6-12;/h2-6,15H,7-11H2,1H3;1H. The molecule has 0 unspecified atom stereocenters. The number of carbonyl (C=O) groups excluding carboxylic acids is 1. The van der Waals surface area contributed by atoms with Crippen LogP contribution in [0.5, 0.6) is 0 Å². The van der Waals surface area contributed by atoms with Gasteiger partial charge >= 0.3 is 0 Å². The molecule has 0 radical (unpaired) electrons. The van der Waals surface area contributed by atoms with Gasteiger partial charge in [0.2, 0.25) is 0 Å². The maximum absolute atomic E-state index is 12.2. The number of hydrogen-bond acceptors (Lipinski definition) is 3. The third-order valence-corrected chi connectivity index (χ3v) is 3.53. The summed E-state index contributed by atoms with van der Waals surface area (Å²) in [5.41, 5.74) is 0.514. The summed E-state index contributed by atoms with van der Waals surface area (Å²) in [6, 6.07) is 9.46. The highest BCUT2D eigenvalue weighted by molar-refractivity contribution is 5.96. The Bertz CT molecular complexity index is 375. The Labute approximate surface area is 114 Å². The molecule has 0 bridgehead atoms. The minimum absolute atomic E-state index is 0. The first-order valence-electron chi connectivity index (χ1n) is 6.10. The third kappa shape index (κ3) is 3.55. The molecular weight excluding hydrogens is 250 g/mol. The van der Waals surface area contributed by atoms with Crippen LogP contribution in [0.15, 0.2) is 30.3 Å². The number of ketones is 1. The molecular formula is C14H20ClNO2. The first-order valence-corrected chi connectivity index (χ1v) is 6.10. The van der Waals surface area contributed by atoms with E-state index in [2.05, 4.69) is 5.32 Å². The zero-order chi connectivity index (χ0) is 12.1. The van der Waals surface area contributed by atoms with Crippen molar-refractivity contribution in [3.05, 3.63) is 35.9 Å². The van der Waals surface area contributed by atoms with Gasteiger partial charge in [0.05, 0.1) is 5.60 Å². The van der Waals surface area contributed by atoms with Crippen LogP contribution in [0, 0.1) is 0 Å². The van der Waals surface area contributed by atoms with Crippen molar-refractivity contribution in [2.75, 3.05) is 20.2 Å². The van der Waals surface area contributed by atoms with Gasteiger partial charge in [-0.2, -0.15) is 0 Å². The zero-order valence-corrected chi connectivity index (χ0v) is 11.5. The summed E-state index contributed by atoms with van der Waals surface area (Å²) in [6.45, 7) is 1.85. The minimum atomic E-state index is -0.266. The molecule has 2 rings (SSSR count). The van der Waals surface area contributed by atoms with Crippen LogP contribution in [-0.4, -0.2) is 31.6 Å². The molecule has 1 aromatic carbocycles. The number of carbonyl (C=O) groups is 1. The first kappa shape index (κ1) is 15.2. The van der Waals surface area contributed by atoms with Gasteiger partial charge in [-0.3, -0.25) is 4.79 Å². The Balaban J connectivity index is 0.00000162. The molecule has 1 heterocycles. The lowest BCUT2D eigenvalue weighted by atomic mass is 9.85. The van der Waals surface area contributed by atoms with E-state index in [1.807, 2.05) is 30.3 Å². The van der Waals surface area contributed by atoms with Crippen molar-refractivity contribution >= 4 is 18.2 Å². The Morgan fingerprint density at radius 1 is 1.28 bits per heavy atom. The third-order valence-electron chi connectivity index (χ3n) is 3.53. The molecule has 0 aromatic heterocycles. The molecule has 0 amide bonds. The van der Waals surface area contributed by atoms with Gasteiger partial charge in [-0.05, 0) is 25.9 Å². The van der Waals surface area contributed by atoms with Crippen LogP contribution < -0.4 is 5.32 Å². The number of piperidine rings is 1. The normalized spacial score (nSPS) is 17.8. The SMILES string of the molecule is COC1(CC(=O)c2ccccc2)CCNCC1.Cl. The summed E-state index contributed by atoms with van der Waals surface area (Å²) in [4.78, 5) is 12.2. The number of halogens is 1. The van der Waals surface area contributed by atoms with E-state index in [0.717, 1.165) is 31.5 Å². The summed E-state index contributed by atoms with van der Waals surface area (Å²) in [5, 5.41) is 3.30. The first-order chi connectivity index (χ1) is 8.26. The number of ether oxygens (including phenoxy) is 1. The average molecular weight is 270 g/mol. The molecule has 1 aliphatic rings. The molecule has 1 aromatic rings. The summed E-state index contributed by atoms with van der Waals surface area (Å²) >= 11 is 0. The molecule has 1 saturated heterocycles. The smallest absolute Gasteiger partial charge is 0.165 e. The Kier molecular flexibility index (Phi) is 5.79. The van der Waals surface area contributed by atoms with Crippen molar-refractivity contribution in [2.45, 2.75) is 24.9 Å². The highest BCUT2D eigenvalue weighted by Gasteiger charge is 2.34. The second-order valence-corrected chi connectivity index (χ2v) is 4.60. The molecule has 100 valence electrons. The van der Waals surface area contributed by atoms with Crippen LogP contribution in [0.2, 0.25) is 0 Å². The zero-order valence-electron chi connectivity index (χ0n) is 10.6. The van der Waals surface area contributed by atoms with Crippen LogP contribution in [0.25, 0.3) is 0 Å². The van der Waals surface area contributed by atoms with Crippen LogP contribution in [0.1, 0.15) is 29.6 Å². The maximum Gasteiger partial charge on any atom is 0.165 e. The molecule has 1 N–H and O–H groups in total. The number of Topliss-reactive ketones (excluding diaryl/α,β-unsaturated/α-hetero) is 1. The van der Waals surface area contributed by atoms with Crippen molar-refractivity contribution in [2.24, 2.45) is 0 Å². The lowest BCUT2D eigenvalue weighted by Gasteiger charge is -2.35. The van der Waals surface area contributed by atoms with E-state index in [0.29, 0.717) is 6.42 Å². The van der Waals surface area contributed by atoms with E-state index in [-0.39, 0.29) is 23.8 Å². The summed E-state index contributed by atoms with van der Waals surface area (Å²) in [6.07, 6.45) is 2.29. The number of rotatable bonds is 4. The number of nitrogens with one attached hydrogen (secondary N) is 1. The molecule has 0 spiro atoms. The number of methoxy groups -OCH3 is 1. The van der Waals surface area contributed by atoms with Gasteiger partial charge in [0.25, 0.3) is 0 Å². The van der Waals surface area contributed by atoms with E-state index < -0.39 is 0 Å². The minimum Gasteiger partial charge on any atom is -0.378 e. The Hall–Kier alpha value is -0.900. The quantitative estimate of drug-likeness (QED) is 0.854. The van der Waals surface area contributed by atoms with Crippen molar-refractivity contribution in [1.29, 1.82) is 0 Å². The molecule has 0 aliphatic carbocycles. The predicted octanol–water partition coefficient (Wildman–Crippen LogP) is 2.45. The monoisotopic (exact) mass is 269 g/mol. The van der Waals surface area contributed by atoms with Gasteiger partial charge in [-0.25, -0.2) is 0 Å². The fourth-order valence-electron chi connectivity index (χ4n) is 2.35. The topological polar surface area (TPSA) is 38.3 Å². The molecule has 0 atom stereocenters. The Morgan fingerprint density at radius 2 is 1.89 bits per heavy atom. The lowest BCUT2D eigenvalue weighted by molar-refractivity contribution is -0.0345. The summed E-state index contributed by atoms with van der Waals surface area (Å²) in [5.74, 6) is 0.175.